The molecule has 0 radical (unpaired) electrons. The number of ketones is 2. The van der Waals surface area contributed by atoms with E-state index in [4.69, 9.17) is 9.72 Å². The molecule has 4 aromatic rings. The average molecular weight is 483 g/mol. The summed E-state index contributed by atoms with van der Waals surface area (Å²) in [5.74, 6) is -0.502. The number of carbonyl (C=O) groups excluding carboxylic acids is 2. The second kappa shape index (κ2) is 10.3. The van der Waals surface area contributed by atoms with E-state index in [9.17, 15) is 9.59 Å². The molecule has 176 valence electrons. The van der Waals surface area contributed by atoms with E-state index in [1.54, 1.807) is 24.1 Å². The van der Waals surface area contributed by atoms with Crippen LogP contribution in [0.25, 0.3) is 27.6 Å². The zero-order chi connectivity index (χ0) is 24.2. The Morgan fingerprint density at radius 2 is 1.43 bits per heavy atom. The lowest BCUT2D eigenvalue weighted by atomic mass is 9.94. The molecule has 1 aliphatic carbocycles. The van der Waals surface area contributed by atoms with Gasteiger partial charge in [0.1, 0.15) is 5.76 Å². The molecule has 1 aromatic heterocycles. The molecule has 0 spiro atoms. The Morgan fingerprint density at radius 3 is 2.11 bits per heavy atom. The molecule has 0 aliphatic heterocycles. The van der Waals surface area contributed by atoms with Crippen molar-refractivity contribution in [1.82, 2.24) is 4.98 Å². The summed E-state index contributed by atoms with van der Waals surface area (Å²) in [4.78, 5) is 28.9. The van der Waals surface area contributed by atoms with Crippen molar-refractivity contribution >= 4 is 56.8 Å². The molecule has 5 nitrogen and oxygen atoms in total. The number of carbonyl (C=O) groups is 2. The molecule has 0 saturated heterocycles. The molecule has 0 unspecified atom stereocenters. The maximum atomic E-state index is 12.1. The Bertz CT molecular complexity index is 1390. The summed E-state index contributed by atoms with van der Waals surface area (Å²) in [7, 11) is 0. The van der Waals surface area contributed by atoms with Crippen LogP contribution in [0, 0.1) is 0 Å². The number of anilines is 1. The van der Waals surface area contributed by atoms with Crippen molar-refractivity contribution in [3.63, 3.8) is 0 Å². The van der Waals surface area contributed by atoms with E-state index in [-0.39, 0.29) is 0 Å². The van der Waals surface area contributed by atoms with Crippen LogP contribution in [-0.2, 0) is 9.53 Å². The first-order valence-electron chi connectivity index (χ1n) is 11.8. The molecular formula is C29H26N2O3S. The summed E-state index contributed by atoms with van der Waals surface area (Å²) in [5, 5.41) is 2.32. The highest BCUT2D eigenvalue weighted by Crippen LogP contribution is 2.36. The number of pyridine rings is 1. The standard InChI is InChI=1S/C29H26N2O3S/c1-35-31(28-22-13-5-7-15-24(22)30-25-16-8-6-14-23(25)28)17-9-2-10-18-34-27-19-26(32)29(33)21-12-4-3-11-20(21)27/h3-8,11-16,19H,2,9-10,17-18H2,1H3. The lowest BCUT2D eigenvalue weighted by molar-refractivity contribution is -0.111. The van der Waals surface area contributed by atoms with Crippen LogP contribution in [0.1, 0.15) is 35.2 Å². The Balaban J connectivity index is 1.22. The molecule has 0 bridgehead atoms. The minimum absolute atomic E-state index is 0.419. The van der Waals surface area contributed by atoms with Crippen molar-refractivity contribution < 1.29 is 14.3 Å². The first kappa shape index (κ1) is 23.1. The summed E-state index contributed by atoms with van der Waals surface area (Å²) in [5.41, 5.74) is 4.33. The Hall–Kier alpha value is -3.64. The zero-order valence-corrected chi connectivity index (χ0v) is 20.4. The third-order valence-corrected chi connectivity index (χ3v) is 7.02. The molecule has 6 heteroatoms. The summed E-state index contributed by atoms with van der Waals surface area (Å²) < 4.78 is 8.28. The Labute approximate surface area is 208 Å². The maximum absolute atomic E-state index is 12.1. The number of para-hydroxylation sites is 2. The second-order valence-electron chi connectivity index (χ2n) is 8.44. The number of hydrogen-bond acceptors (Lipinski definition) is 6. The van der Waals surface area contributed by atoms with E-state index in [0.29, 0.717) is 23.5 Å². The van der Waals surface area contributed by atoms with Crippen LogP contribution < -0.4 is 4.31 Å². The van der Waals surface area contributed by atoms with Crippen LogP contribution in [0.4, 0.5) is 5.69 Å². The third-order valence-electron chi connectivity index (χ3n) is 6.22. The van der Waals surface area contributed by atoms with Crippen LogP contribution in [0.5, 0.6) is 0 Å². The fourth-order valence-electron chi connectivity index (χ4n) is 4.51. The van der Waals surface area contributed by atoms with Crippen molar-refractivity contribution in [1.29, 1.82) is 0 Å². The molecule has 0 saturated carbocycles. The number of unbranched alkanes of at least 4 members (excludes halogenated alkanes) is 2. The highest BCUT2D eigenvalue weighted by atomic mass is 32.2. The lowest BCUT2D eigenvalue weighted by Gasteiger charge is -2.25. The van der Waals surface area contributed by atoms with Crippen molar-refractivity contribution in [3.8, 4) is 0 Å². The first-order valence-corrected chi connectivity index (χ1v) is 13.0. The van der Waals surface area contributed by atoms with Gasteiger partial charge in [0.2, 0.25) is 11.6 Å². The molecule has 0 atom stereocenters. The van der Waals surface area contributed by atoms with Gasteiger partial charge in [-0.2, -0.15) is 0 Å². The Morgan fingerprint density at radius 1 is 0.800 bits per heavy atom. The molecule has 1 heterocycles. The highest BCUT2D eigenvalue weighted by molar-refractivity contribution is 8.00. The number of allylic oxidation sites excluding steroid dienone is 1. The molecule has 5 rings (SSSR count). The number of benzene rings is 3. The lowest BCUT2D eigenvalue weighted by Crippen LogP contribution is -2.19. The predicted octanol–water partition coefficient (Wildman–Crippen LogP) is 6.47. The molecule has 0 N–H and O–H groups in total. The van der Waals surface area contributed by atoms with E-state index >= 15 is 0 Å². The highest BCUT2D eigenvalue weighted by Gasteiger charge is 2.26. The van der Waals surface area contributed by atoms with Gasteiger partial charge < -0.3 is 9.04 Å². The van der Waals surface area contributed by atoms with Gasteiger partial charge in [0.25, 0.3) is 0 Å². The topological polar surface area (TPSA) is 59.5 Å². The van der Waals surface area contributed by atoms with Gasteiger partial charge in [0, 0.05) is 40.8 Å². The van der Waals surface area contributed by atoms with Crippen LogP contribution in [-0.4, -0.2) is 36.0 Å². The van der Waals surface area contributed by atoms with Gasteiger partial charge in [-0.25, -0.2) is 4.98 Å². The summed E-state index contributed by atoms with van der Waals surface area (Å²) >= 11 is 1.73. The zero-order valence-electron chi connectivity index (χ0n) is 19.6. The fraction of sp³-hybridized carbons (Fsp3) is 0.207. The summed E-state index contributed by atoms with van der Waals surface area (Å²) in [6.45, 7) is 1.40. The number of ether oxygens (including phenoxy) is 1. The quantitative estimate of drug-likeness (QED) is 0.118. The molecule has 35 heavy (non-hydrogen) atoms. The van der Waals surface area contributed by atoms with E-state index in [1.165, 1.54) is 11.8 Å². The summed E-state index contributed by atoms with van der Waals surface area (Å²) in [6, 6.07) is 23.7. The smallest absolute Gasteiger partial charge is 0.233 e. The normalized spacial score (nSPS) is 13.1. The van der Waals surface area contributed by atoms with Crippen molar-refractivity contribution in [2.24, 2.45) is 0 Å². The maximum Gasteiger partial charge on any atom is 0.233 e. The van der Waals surface area contributed by atoms with E-state index in [0.717, 1.165) is 47.6 Å². The van der Waals surface area contributed by atoms with Crippen LogP contribution in [0.3, 0.4) is 0 Å². The molecule has 0 amide bonds. The number of aromatic nitrogens is 1. The SMILES string of the molecule is CSN(CCCCCOC1=CC(=O)C(=O)c2ccccc21)c1c2ccccc2nc2ccccc12. The largest absolute Gasteiger partial charge is 0.493 e. The van der Waals surface area contributed by atoms with E-state index in [2.05, 4.69) is 47.0 Å². The van der Waals surface area contributed by atoms with Crippen LogP contribution in [0.2, 0.25) is 0 Å². The first-order chi connectivity index (χ1) is 17.2. The molecule has 0 fully saturated rings. The minimum Gasteiger partial charge on any atom is -0.493 e. The van der Waals surface area contributed by atoms with Gasteiger partial charge in [-0.1, -0.05) is 72.6 Å². The van der Waals surface area contributed by atoms with Crippen LogP contribution >= 0.6 is 11.9 Å². The third kappa shape index (κ3) is 4.66. The predicted molar refractivity (Wildman–Crippen MR) is 144 cm³/mol. The fourth-order valence-corrected chi connectivity index (χ4v) is 5.20. The van der Waals surface area contributed by atoms with Gasteiger partial charge in [-0.05, 0) is 31.4 Å². The number of rotatable bonds is 9. The molecular weight excluding hydrogens is 456 g/mol. The van der Waals surface area contributed by atoms with Gasteiger partial charge >= 0.3 is 0 Å². The number of hydrogen-bond donors (Lipinski definition) is 0. The van der Waals surface area contributed by atoms with Gasteiger partial charge in [-0.15, -0.1) is 0 Å². The van der Waals surface area contributed by atoms with Gasteiger partial charge in [0.05, 0.1) is 23.3 Å². The van der Waals surface area contributed by atoms with Crippen molar-refractivity contribution in [2.45, 2.75) is 19.3 Å². The van der Waals surface area contributed by atoms with E-state index < -0.39 is 11.6 Å². The van der Waals surface area contributed by atoms with Crippen molar-refractivity contribution in [2.75, 3.05) is 23.7 Å². The number of fused-ring (bicyclic) bond motifs is 3. The molecule has 1 aliphatic rings. The van der Waals surface area contributed by atoms with Gasteiger partial charge in [-0.3, -0.25) is 9.59 Å². The van der Waals surface area contributed by atoms with Crippen molar-refractivity contribution in [3.05, 3.63) is 90.0 Å². The average Bonchev–Trinajstić information content (AvgIpc) is 2.90. The second-order valence-corrected chi connectivity index (χ2v) is 9.24. The van der Waals surface area contributed by atoms with Crippen LogP contribution in [0.15, 0.2) is 78.9 Å². The van der Waals surface area contributed by atoms with E-state index in [1.807, 2.05) is 24.3 Å². The monoisotopic (exact) mass is 482 g/mol. The number of Topliss-reactive ketones (excluding diaryl/α,β-unsaturated/α-hetero) is 1. The molecule has 3 aromatic carbocycles. The minimum atomic E-state index is -0.522. The Kier molecular flexibility index (Phi) is 6.82. The van der Waals surface area contributed by atoms with Gasteiger partial charge in [0.15, 0.2) is 0 Å². The summed E-state index contributed by atoms with van der Waals surface area (Å²) in [6.07, 6.45) is 6.28. The number of nitrogens with zero attached hydrogens (tertiary/aromatic N) is 2.